The zero-order chi connectivity index (χ0) is 21.4. The molecule has 1 aliphatic rings. The van der Waals surface area contributed by atoms with Crippen LogP contribution in [0.1, 0.15) is 23.0 Å². The Bertz CT molecular complexity index is 1230. The normalized spacial score (nSPS) is 15.0. The van der Waals surface area contributed by atoms with E-state index in [1.54, 1.807) is 61.5 Å². The van der Waals surface area contributed by atoms with Crippen molar-refractivity contribution in [3.63, 3.8) is 0 Å². The van der Waals surface area contributed by atoms with E-state index in [-0.39, 0.29) is 11.5 Å². The lowest BCUT2D eigenvalue weighted by Gasteiger charge is -2.11. The molecule has 8 heteroatoms. The van der Waals surface area contributed by atoms with E-state index in [1.165, 1.54) is 11.1 Å². The Balaban J connectivity index is 1.65. The van der Waals surface area contributed by atoms with E-state index >= 15 is 0 Å². The highest BCUT2D eigenvalue weighted by Crippen LogP contribution is 2.31. The highest BCUT2D eigenvalue weighted by atomic mass is 79.9. The van der Waals surface area contributed by atoms with Gasteiger partial charge >= 0.3 is 5.97 Å². The van der Waals surface area contributed by atoms with Gasteiger partial charge in [0, 0.05) is 15.1 Å². The van der Waals surface area contributed by atoms with Crippen molar-refractivity contribution in [1.82, 2.24) is 0 Å². The summed E-state index contributed by atoms with van der Waals surface area (Å²) < 4.78 is 6.47. The van der Waals surface area contributed by atoms with Gasteiger partial charge in [0.1, 0.15) is 11.5 Å². The molecule has 0 fully saturated rings. The predicted molar refractivity (Wildman–Crippen MR) is 119 cm³/mol. The number of hydrogen-bond acceptors (Lipinski definition) is 4. The molecule has 6 nitrogen and oxygen atoms in total. The van der Waals surface area contributed by atoms with Crippen molar-refractivity contribution in [2.45, 2.75) is 6.92 Å². The third kappa shape index (κ3) is 3.81. The van der Waals surface area contributed by atoms with Crippen LogP contribution in [0, 0.1) is 0 Å². The van der Waals surface area contributed by atoms with Gasteiger partial charge in [-0.2, -0.15) is 10.1 Å². The minimum atomic E-state index is -1.06. The lowest BCUT2D eigenvalue weighted by atomic mass is 10.1. The second kappa shape index (κ2) is 7.93. The Kier molecular flexibility index (Phi) is 5.32. The lowest BCUT2D eigenvalue weighted by molar-refractivity contribution is -0.114. The highest BCUT2D eigenvalue weighted by Gasteiger charge is 2.29. The molecule has 0 spiro atoms. The highest BCUT2D eigenvalue weighted by molar-refractivity contribution is 9.10. The molecule has 1 N–H and O–H groups in total. The number of nitrogens with zero attached hydrogens (tertiary/aromatic N) is 2. The standard InChI is InChI=1S/C22H14BrClN2O4/c1-12-18(21(27)26(25-12)15-5-3-14(24)4-6-15)11-16-7-9-20(30-16)17-8-2-13(23)10-19(17)22(28)29/h2-11H,1H3,(H,28,29)/b18-11-. The number of carboxylic acid groups (broad SMARTS) is 1. The SMILES string of the molecule is CC1=NN(c2ccc(Cl)cc2)C(=O)/C1=C\c1ccc(-c2ccc(Br)cc2C(=O)O)o1. The number of carbonyl (C=O) groups is 2. The number of anilines is 1. The molecule has 150 valence electrons. The first-order valence-corrected chi connectivity index (χ1v) is 10.0. The van der Waals surface area contributed by atoms with Crippen LogP contribution >= 0.6 is 27.5 Å². The first kappa shape index (κ1) is 20.1. The maximum atomic E-state index is 12.8. The number of benzene rings is 2. The van der Waals surface area contributed by atoms with E-state index in [4.69, 9.17) is 16.0 Å². The third-order valence-electron chi connectivity index (χ3n) is 4.52. The van der Waals surface area contributed by atoms with Gasteiger partial charge in [-0.25, -0.2) is 4.79 Å². The number of halogens is 2. The molecular formula is C22H14BrClN2O4. The van der Waals surface area contributed by atoms with Crippen molar-refractivity contribution >= 4 is 56.9 Å². The van der Waals surface area contributed by atoms with Crippen molar-refractivity contribution in [2.75, 3.05) is 5.01 Å². The molecule has 0 saturated carbocycles. The Hall–Kier alpha value is -3.16. The molecule has 0 bridgehead atoms. The van der Waals surface area contributed by atoms with Gasteiger partial charge in [0.25, 0.3) is 5.91 Å². The van der Waals surface area contributed by atoms with Gasteiger partial charge in [0.2, 0.25) is 0 Å². The van der Waals surface area contributed by atoms with E-state index in [2.05, 4.69) is 21.0 Å². The smallest absolute Gasteiger partial charge is 0.336 e. The molecule has 1 aliphatic heterocycles. The molecule has 0 aliphatic carbocycles. The summed E-state index contributed by atoms with van der Waals surface area (Å²) in [5, 5.41) is 15.7. The van der Waals surface area contributed by atoms with Crippen LogP contribution in [0.5, 0.6) is 0 Å². The van der Waals surface area contributed by atoms with E-state index in [9.17, 15) is 14.7 Å². The van der Waals surface area contributed by atoms with Crippen molar-refractivity contribution in [1.29, 1.82) is 0 Å². The molecule has 3 aromatic rings. The van der Waals surface area contributed by atoms with Crippen LogP contribution in [0.25, 0.3) is 17.4 Å². The van der Waals surface area contributed by atoms with E-state index in [0.717, 1.165) is 0 Å². The molecule has 2 aromatic carbocycles. The number of hydrazone groups is 1. The summed E-state index contributed by atoms with van der Waals surface area (Å²) >= 11 is 9.19. The van der Waals surface area contributed by atoms with Crippen LogP contribution in [-0.2, 0) is 4.79 Å². The third-order valence-corrected chi connectivity index (χ3v) is 5.27. The van der Waals surface area contributed by atoms with Gasteiger partial charge in [-0.15, -0.1) is 0 Å². The Morgan fingerprint density at radius 3 is 2.60 bits per heavy atom. The summed E-state index contributed by atoms with van der Waals surface area (Å²) in [4.78, 5) is 24.4. The number of furan rings is 1. The van der Waals surface area contributed by atoms with Gasteiger partial charge < -0.3 is 9.52 Å². The summed E-state index contributed by atoms with van der Waals surface area (Å²) in [5.41, 5.74) is 2.10. The summed E-state index contributed by atoms with van der Waals surface area (Å²) in [6.45, 7) is 1.74. The summed E-state index contributed by atoms with van der Waals surface area (Å²) in [7, 11) is 0. The molecule has 30 heavy (non-hydrogen) atoms. The molecule has 0 saturated heterocycles. The van der Waals surface area contributed by atoms with E-state index in [0.29, 0.717) is 43.6 Å². The Morgan fingerprint density at radius 2 is 1.90 bits per heavy atom. The zero-order valence-corrected chi connectivity index (χ0v) is 17.9. The van der Waals surface area contributed by atoms with Gasteiger partial charge in [-0.3, -0.25) is 4.79 Å². The minimum Gasteiger partial charge on any atom is -0.478 e. The Morgan fingerprint density at radius 1 is 1.17 bits per heavy atom. The van der Waals surface area contributed by atoms with Gasteiger partial charge in [0.15, 0.2) is 0 Å². The molecule has 1 amide bonds. The minimum absolute atomic E-state index is 0.113. The first-order valence-electron chi connectivity index (χ1n) is 8.84. The van der Waals surface area contributed by atoms with Crippen molar-refractivity contribution in [3.8, 4) is 11.3 Å². The summed E-state index contributed by atoms with van der Waals surface area (Å²) in [6, 6.07) is 15.1. The topological polar surface area (TPSA) is 83.1 Å². The molecule has 0 atom stereocenters. The number of aromatic carboxylic acids is 1. The number of amides is 1. The monoisotopic (exact) mass is 484 g/mol. The van der Waals surface area contributed by atoms with Gasteiger partial charge in [-0.1, -0.05) is 27.5 Å². The van der Waals surface area contributed by atoms with E-state index in [1.807, 2.05) is 0 Å². The van der Waals surface area contributed by atoms with Gasteiger partial charge in [-0.05, 0) is 67.6 Å². The van der Waals surface area contributed by atoms with Crippen LogP contribution in [0.15, 0.2) is 74.2 Å². The van der Waals surface area contributed by atoms with E-state index < -0.39 is 5.97 Å². The fourth-order valence-electron chi connectivity index (χ4n) is 3.07. The van der Waals surface area contributed by atoms with Crippen LogP contribution in [0.2, 0.25) is 5.02 Å². The zero-order valence-electron chi connectivity index (χ0n) is 15.6. The molecule has 4 rings (SSSR count). The molecule has 2 heterocycles. The molecular weight excluding hydrogens is 472 g/mol. The van der Waals surface area contributed by atoms with Crippen molar-refractivity contribution in [2.24, 2.45) is 5.10 Å². The number of carbonyl (C=O) groups excluding carboxylic acids is 1. The number of rotatable bonds is 4. The second-order valence-corrected chi connectivity index (χ2v) is 7.89. The Labute approximate surface area is 185 Å². The fraction of sp³-hybridized carbons (Fsp3) is 0.0455. The summed E-state index contributed by atoms with van der Waals surface area (Å²) in [6.07, 6.45) is 1.60. The van der Waals surface area contributed by atoms with Gasteiger partial charge in [0.05, 0.1) is 22.5 Å². The average molecular weight is 486 g/mol. The van der Waals surface area contributed by atoms with Crippen molar-refractivity contribution < 1.29 is 19.1 Å². The van der Waals surface area contributed by atoms with Crippen LogP contribution in [-0.4, -0.2) is 22.7 Å². The van der Waals surface area contributed by atoms with Crippen LogP contribution in [0.3, 0.4) is 0 Å². The largest absolute Gasteiger partial charge is 0.478 e. The molecule has 0 unspecified atom stereocenters. The maximum Gasteiger partial charge on any atom is 0.336 e. The molecule has 0 radical (unpaired) electrons. The van der Waals surface area contributed by atoms with Crippen molar-refractivity contribution in [3.05, 3.63) is 81.0 Å². The number of hydrogen-bond donors (Lipinski definition) is 1. The fourth-order valence-corrected chi connectivity index (χ4v) is 3.55. The maximum absolute atomic E-state index is 12.8. The predicted octanol–water partition coefficient (Wildman–Crippen LogP) is 5.87. The lowest BCUT2D eigenvalue weighted by Crippen LogP contribution is -2.21. The van der Waals surface area contributed by atoms with Crippen LogP contribution < -0.4 is 5.01 Å². The molecule has 1 aromatic heterocycles. The summed E-state index contributed by atoms with van der Waals surface area (Å²) in [5.74, 6) is -0.542. The van der Waals surface area contributed by atoms with Crippen LogP contribution in [0.4, 0.5) is 5.69 Å². The first-order chi connectivity index (χ1) is 14.3. The quantitative estimate of drug-likeness (QED) is 0.469. The average Bonchev–Trinajstić information content (AvgIpc) is 3.29. The second-order valence-electron chi connectivity index (χ2n) is 6.53. The number of carboxylic acids is 1.